The highest BCUT2D eigenvalue weighted by atomic mass is 15.2. The van der Waals surface area contributed by atoms with Gasteiger partial charge in [-0.1, -0.05) is 44.2 Å². The quantitative estimate of drug-likeness (QED) is 0.728. The number of hydrogen-bond acceptors (Lipinski definition) is 1. The van der Waals surface area contributed by atoms with Gasteiger partial charge in [0.2, 0.25) is 0 Å². The zero-order valence-electron chi connectivity index (χ0n) is 14.2. The fraction of sp³-hybridized carbons (Fsp3) is 0.619. The van der Waals surface area contributed by atoms with Crippen LogP contribution in [0.2, 0.25) is 0 Å². The van der Waals surface area contributed by atoms with Gasteiger partial charge in [-0.3, -0.25) is 0 Å². The molecule has 1 aromatic carbocycles. The van der Waals surface area contributed by atoms with Crippen molar-refractivity contribution in [2.45, 2.75) is 64.3 Å². The van der Waals surface area contributed by atoms with Crippen LogP contribution in [0.3, 0.4) is 0 Å². The largest absolute Gasteiger partial charge is 0.300 e. The van der Waals surface area contributed by atoms with Crippen molar-refractivity contribution < 1.29 is 0 Å². The summed E-state index contributed by atoms with van der Waals surface area (Å²) in [7, 11) is 0. The summed E-state index contributed by atoms with van der Waals surface area (Å²) in [5.41, 5.74) is 4.16. The van der Waals surface area contributed by atoms with E-state index in [1.807, 2.05) is 0 Å². The average molecular weight is 297 g/mol. The van der Waals surface area contributed by atoms with Gasteiger partial charge in [0.1, 0.15) is 0 Å². The van der Waals surface area contributed by atoms with E-state index in [0.717, 1.165) is 12.5 Å². The maximum absolute atomic E-state index is 4.43. The summed E-state index contributed by atoms with van der Waals surface area (Å²) in [6.45, 7) is 9.33. The lowest BCUT2D eigenvalue weighted by atomic mass is 9.79. The Morgan fingerprint density at radius 1 is 1.00 bits per heavy atom. The zero-order valence-corrected chi connectivity index (χ0v) is 14.2. The van der Waals surface area contributed by atoms with Gasteiger partial charge in [-0.2, -0.15) is 0 Å². The Hall–Kier alpha value is -1.08. The molecule has 1 heterocycles. The van der Waals surface area contributed by atoms with Gasteiger partial charge in [-0.05, 0) is 80.7 Å². The number of rotatable bonds is 4. The van der Waals surface area contributed by atoms with Crippen LogP contribution in [-0.4, -0.2) is 24.0 Å². The smallest absolute Gasteiger partial charge is 0.00956 e. The molecule has 1 aliphatic heterocycles. The Bertz CT molecular complexity index is 473. The fourth-order valence-corrected chi connectivity index (χ4v) is 4.26. The van der Waals surface area contributed by atoms with Crippen LogP contribution < -0.4 is 0 Å². The highest BCUT2D eigenvalue weighted by Gasteiger charge is 2.27. The Morgan fingerprint density at radius 3 is 2.23 bits per heavy atom. The van der Waals surface area contributed by atoms with Gasteiger partial charge in [-0.15, -0.1) is 0 Å². The topological polar surface area (TPSA) is 3.24 Å². The summed E-state index contributed by atoms with van der Waals surface area (Å²) in [5, 5.41) is 0. The molecule has 0 unspecified atom stereocenters. The van der Waals surface area contributed by atoms with E-state index in [-0.39, 0.29) is 0 Å². The Kier molecular flexibility index (Phi) is 5.36. The number of aryl methyl sites for hydroxylation is 1. The second-order valence-electron chi connectivity index (χ2n) is 7.18. The lowest BCUT2D eigenvalue weighted by Crippen LogP contribution is -2.41. The van der Waals surface area contributed by atoms with Crippen LogP contribution in [0.1, 0.15) is 63.0 Å². The van der Waals surface area contributed by atoms with Crippen LogP contribution in [0.4, 0.5) is 0 Å². The van der Waals surface area contributed by atoms with Crippen molar-refractivity contribution in [3.05, 3.63) is 42.0 Å². The molecule has 1 heteroatoms. The second kappa shape index (κ2) is 7.46. The number of allylic oxidation sites excluding steroid dienone is 1. The molecule has 1 nitrogen and oxygen atoms in total. The van der Waals surface area contributed by atoms with Gasteiger partial charge in [0.05, 0.1) is 0 Å². The highest BCUT2D eigenvalue weighted by molar-refractivity contribution is 5.65. The summed E-state index contributed by atoms with van der Waals surface area (Å²) < 4.78 is 0. The van der Waals surface area contributed by atoms with Crippen LogP contribution in [0.25, 0.3) is 5.57 Å². The fourth-order valence-electron chi connectivity index (χ4n) is 4.26. The predicted molar refractivity (Wildman–Crippen MR) is 96.0 cm³/mol. The standard InChI is InChI=1S/C21H31N/c1-3-18-7-9-19(10-8-18)17(2)20-11-13-21(14-12-20)22-15-5-4-6-16-22/h7-10,20-21H,2-6,11-16H2,1H3. The zero-order chi connectivity index (χ0) is 15.4. The van der Waals surface area contributed by atoms with Crippen molar-refractivity contribution in [2.24, 2.45) is 5.92 Å². The molecule has 1 aliphatic carbocycles. The molecule has 1 saturated heterocycles. The molecule has 3 rings (SSSR count). The summed E-state index contributed by atoms with van der Waals surface area (Å²) in [6, 6.07) is 9.93. The molecule has 0 radical (unpaired) electrons. The van der Waals surface area contributed by atoms with E-state index in [9.17, 15) is 0 Å². The minimum atomic E-state index is 0.702. The molecule has 1 saturated carbocycles. The van der Waals surface area contributed by atoms with Crippen molar-refractivity contribution in [1.29, 1.82) is 0 Å². The first-order valence-corrected chi connectivity index (χ1v) is 9.30. The monoisotopic (exact) mass is 297 g/mol. The van der Waals surface area contributed by atoms with Crippen LogP contribution in [-0.2, 0) is 6.42 Å². The van der Waals surface area contributed by atoms with Crippen LogP contribution in [0.5, 0.6) is 0 Å². The van der Waals surface area contributed by atoms with Gasteiger partial charge in [0, 0.05) is 6.04 Å². The third-order valence-corrected chi connectivity index (χ3v) is 5.83. The van der Waals surface area contributed by atoms with Crippen LogP contribution in [0.15, 0.2) is 30.8 Å². The number of nitrogens with zero attached hydrogens (tertiary/aromatic N) is 1. The van der Waals surface area contributed by atoms with Crippen molar-refractivity contribution in [2.75, 3.05) is 13.1 Å². The molecule has 0 bridgehead atoms. The second-order valence-corrected chi connectivity index (χ2v) is 7.18. The predicted octanol–water partition coefficient (Wildman–Crippen LogP) is 5.31. The van der Waals surface area contributed by atoms with Gasteiger partial charge < -0.3 is 4.90 Å². The maximum atomic E-state index is 4.43. The van der Waals surface area contributed by atoms with E-state index in [2.05, 4.69) is 42.7 Å². The van der Waals surface area contributed by atoms with Gasteiger partial charge in [0.25, 0.3) is 0 Å². The summed E-state index contributed by atoms with van der Waals surface area (Å²) >= 11 is 0. The third kappa shape index (κ3) is 3.63. The highest BCUT2D eigenvalue weighted by Crippen LogP contribution is 2.36. The maximum Gasteiger partial charge on any atom is 0.00956 e. The SMILES string of the molecule is C=C(c1ccc(CC)cc1)C1CCC(N2CCCCC2)CC1. The molecule has 120 valence electrons. The minimum absolute atomic E-state index is 0.702. The molecular formula is C21H31N. The molecule has 0 spiro atoms. The number of piperidine rings is 1. The van der Waals surface area contributed by atoms with E-state index >= 15 is 0 Å². The normalized spacial score (nSPS) is 26.8. The minimum Gasteiger partial charge on any atom is -0.300 e. The summed E-state index contributed by atoms with van der Waals surface area (Å²) in [6.07, 6.45) is 10.8. The molecule has 2 aliphatic rings. The first-order chi connectivity index (χ1) is 10.8. The lowest BCUT2D eigenvalue weighted by molar-refractivity contribution is 0.123. The summed E-state index contributed by atoms with van der Waals surface area (Å²) in [5.74, 6) is 0.702. The molecule has 2 fully saturated rings. The third-order valence-electron chi connectivity index (χ3n) is 5.83. The molecule has 0 atom stereocenters. The van der Waals surface area contributed by atoms with E-state index in [0.29, 0.717) is 5.92 Å². The van der Waals surface area contributed by atoms with Crippen molar-refractivity contribution in [1.82, 2.24) is 4.90 Å². The Balaban J connectivity index is 1.54. The van der Waals surface area contributed by atoms with E-state index < -0.39 is 0 Å². The van der Waals surface area contributed by atoms with Crippen molar-refractivity contribution in [3.63, 3.8) is 0 Å². The Labute approximate surface area is 136 Å². The van der Waals surface area contributed by atoms with E-state index in [1.54, 1.807) is 0 Å². The first kappa shape index (κ1) is 15.8. The van der Waals surface area contributed by atoms with Gasteiger partial charge >= 0.3 is 0 Å². The molecule has 0 amide bonds. The Morgan fingerprint density at radius 2 is 1.64 bits per heavy atom. The van der Waals surface area contributed by atoms with E-state index in [1.165, 1.54) is 74.7 Å². The number of benzene rings is 1. The average Bonchev–Trinajstić information content (AvgIpc) is 2.62. The molecule has 0 N–H and O–H groups in total. The number of hydrogen-bond donors (Lipinski definition) is 0. The van der Waals surface area contributed by atoms with Gasteiger partial charge in [-0.25, -0.2) is 0 Å². The number of likely N-dealkylation sites (tertiary alicyclic amines) is 1. The van der Waals surface area contributed by atoms with Crippen LogP contribution >= 0.6 is 0 Å². The van der Waals surface area contributed by atoms with Gasteiger partial charge in [0.15, 0.2) is 0 Å². The van der Waals surface area contributed by atoms with E-state index in [4.69, 9.17) is 0 Å². The van der Waals surface area contributed by atoms with Crippen LogP contribution in [0, 0.1) is 5.92 Å². The molecule has 1 aromatic rings. The lowest BCUT2D eigenvalue weighted by Gasteiger charge is -2.39. The first-order valence-electron chi connectivity index (χ1n) is 9.30. The molecular weight excluding hydrogens is 266 g/mol. The van der Waals surface area contributed by atoms with Crippen molar-refractivity contribution >= 4 is 5.57 Å². The van der Waals surface area contributed by atoms with Crippen molar-refractivity contribution in [3.8, 4) is 0 Å². The molecule has 0 aromatic heterocycles. The summed E-state index contributed by atoms with van der Waals surface area (Å²) in [4.78, 5) is 2.76. The molecule has 22 heavy (non-hydrogen) atoms.